The molecule has 0 spiro atoms. The van der Waals surface area contributed by atoms with Gasteiger partial charge in [0.2, 0.25) is 11.8 Å². The number of nitrogens with one attached hydrogen (secondary N) is 1. The van der Waals surface area contributed by atoms with Crippen LogP contribution in [0, 0.1) is 0 Å². The molecule has 0 unspecified atom stereocenters. The van der Waals surface area contributed by atoms with Gasteiger partial charge in [-0.3, -0.25) is 14.6 Å². The largest absolute Gasteiger partial charge is 0.411 e. The number of piperazine rings is 1. The van der Waals surface area contributed by atoms with Crippen molar-refractivity contribution < 1.29 is 14.0 Å². The molecule has 0 aliphatic carbocycles. The van der Waals surface area contributed by atoms with Crippen molar-refractivity contribution in [3.8, 4) is 11.5 Å². The predicted molar refractivity (Wildman–Crippen MR) is 143 cm³/mol. The molecule has 2 aromatic carbocycles. The van der Waals surface area contributed by atoms with Crippen molar-refractivity contribution in [2.24, 2.45) is 0 Å². The van der Waals surface area contributed by atoms with Crippen LogP contribution in [-0.2, 0) is 4.79 Å². The normalized spacial score (nSPS) is 13.4. The number of pyridine rings is 1. The van der Waals surface area contributed by atoms with E-state index in [0.717, 1.165) is 24.3 Å². The van der Waals surface area contributed by atoms with Crippen molar-refractivity contribution in [2.45, 2.75) is 5.22 Å². The average molecular weight is 535 g/mol. The van der Waals surface area contributed by atoms with Crippen LogP contribution in [0.25, 0.3) is 11.5 Å². The van der Waals surface area contributed by atoms with E-state index in [4.69, 9.17) is 16.0 Å². The minimum Gasteiger partial charge on any atom is -0.411 e. The fourth-order valence-corrected chi connectivity index (χ4v) is 4.68. The van der Waals surface area contributed by atoms with E-state index in [0.29, 0.717) is 40.5 Å². The molecule has 1 fully saturated rings. The van der Waals surface area contributed by atoms with Crippen LogP contribution in [0.4, 0.5) is 11.4 Å². The Bertz CT molecular complexity index is 1370. The summed E-state index contributed by atoms with van der Waals surface area (Å²) in [4.78, 5) is 33.2. The molecule has 1 aliphatic rings. The van der Waals surface area contributed by atoms with Crippen LogP contribution in [0.2, 0.25) is 5.02 Å². The molecule has 2 aromatic heterocycles. The Morgan fingerprint density at radius 1 is 1.00 bits per heavy atom. The van der Waals surface area contributed by atoms with E-state index in [2.05, 4.69) is 25.4 Å². The first-order valence-corrected chi connectivity index (χ1v) is 13.0. The van der Waals surface area contributed by atoms with Gasteiger partial charge in [0, 0.05) is 60.5 Å². The summed E-state index contributed by atoms with van der Waals surface area (Å²) in [6, 6.07) is 18.3. The first-order valence-electron chi connectivity index (χ1n) is 11.6. The van der Waals surface area contributed by atoms with E-state index in [1.807, 2.05) is 35.2 Å². The van der Waals surface area contributed by atoms with Crippen LogP contribution in [0.15, 0.2) is 82.7 Å². The number of anilines is 2. The first kappa shape index (κ1) is 24.8. The van der Waals surface area contributed by atoms with Crippen LogP contribution in [-0.4, -0.2) is 63.8 Å². The number of hydrogen-bond acceptors (Lipinski definition) is 8. The molecule has 9 nitrogen and oxygen atoms in total. The summed E-state index contributed by atoms with van der Waals surface area (Å²) in [7, 11) is 0. The molecule has 0 atom stereocenters. The van der Waals surface area contributed by atoms with E-state index in [1.54, 1.807) is 42.7 Å². The number of aromatic nitrogens is 3. The molecule has 2 amide bonds. The molecule has 3 heterocycles. The Morgan fingerprint density at radius 3 is 2.54 bits per heavy atom. The van der Waals surface area contributed by atoms with Crippen molar-refractivity contribution in [3.05, 3.63) is 83.6 Å². The summed E-state index contributed by atoms with van der Waals surface area (Å²) in [5, 5.41) is 11.7. The Balaban J connectivity index is 1.09. The summed E-state index contributed by atoms with van der Waals surface area (Å²) >= 11 is 7.20. The predicted octanol–water partition coefficient (Wildman–Crippen LogP) is 4.48. The molecular weight excluding hydrogens is 512 g/mol. The van der Waals surface area contributed by atoms with Gasteiger partial charge >= 0.3 is 0 Å². The summed E-state index contributed by atoms with van der Waals surface area (Å²) < 4.78 is 5.59. The number of nitrogens with zero attached hydrogens (tertiary/aromatic N) is 5. The first-order chi connectivity index (χ1) is 18.0. The quantitative estimate of drug-likeness (QED) is 0.346. The maximum atomic E-state index is 12.7. The number of halogens is 1. The van der Waals surface area contributed by atoms with Crippen molar-refractivity contribution in [2.75, 3.05) is 42.1 Å². The molecule has 1 aliphatic heterocycles. The number of rotatable bonds is 7. The zero-order valence-corrected chi connectivity index (χ0v) is 21.3. The molecular formula is C26H23ClN6O3S. The number of amides is 2. The average Bonchev–Trinajstić information content (AvgIpc) is 3.42. The molecule has 188 valence electrons. The Kier molecular flexibility index (Phi) is 7.67. The molecule has 0 bridgehead atoms. The highest BCUT2D eigenvalue weighted by molar-refractivity contribution is 7.99. The van der Waals surface area contributed by atoms with E-state index >= 15 is 0 Å². The summed E-state index contributed by atoms with van der Waals surface area (Å²) in [5.74, 6) is 0.319. The van der Waals surface area contributed by atoms with Gasteiger partial charge in [-0.25, -0.2) is 0 Å². The summed E-state index contributed by atoms with van der Waals surface area (Å²) in [6.45, 7) is 2.69. The maximum absolute atomic E-state index is 12.7. The SMILES string of the molecule is O=C(CSc1nnc(-c2cccnc2)o1)Nc1ccc(N2CCN(C(=O)c3cccc(Cl)c3)CC2)cc1. The third-order valence-electron chi connectivity index (χ3n) is 5.80. The van der Waals surface area contributed by atoms with Gasteiger partial charge in [-0.15, -0.1) is 10.2 Å². The second kappa shape index (κ2) is 11.4. The van der Waals surface area contributed by atoms with Crippen molar-refractivity contribution in [1.82, 2.24) is 20.1 Å². The second-order valence-electron chi connectivity index (χ2n) is 8.29. The van der Waals surface area contributed by atoms with Crippen LogP contribution >= 0.6 is 23.4 Å². The minimum atomic E-state index is -0.174. The highest BCUT2D eigenvalue weighted by Crippen LogP contribution is 2.24. The number of hydrogen-bond donors (Lipinski definition) is 1. The lowest BCUT2D eigenvalue weighted by molar-refractivity contribution is -0.113. The highest BCUT2D eigenvalue weighted by Gasteiger charge is 2.22. The highest BCUT2D eigenvalue weighted by atomic mass is 35.5. The van der Waals surface area contributed by atoms with Gasteiger partial charge in [0.1, 0.15) is 0 Å². The molecule has 0 radical (unpaired) electrons. The summed E-state index contributed by atoms with van der Waals surface area (Å²) in [6.07, 6.45) is 3.30. The zero-order valence-electron chi connectivity index (χ0n) is 19.7. The van der Waals surface area contributed by atoms with Crippen LogP contribution in [0.1, 0.15) is 10.4 Å². The smallest absolute Gasteiger partial charge is 0.277 e. The number of benzene rings is 2. The van der Waals surface area contributed by atoms with Gasteiger partial charge in [-0.1, -0.05) is 29.4 Å². The molecule has 1 saturated heterocycles. The Labute approximate surface area is 222 Å². The van der Waals surface area contributed by atoms with Crippen LogP contribution < -0.4 is 10.2 Å². The third kappa shape index (κ3) is 6.28. The zero-order chi connectivity index (χ0) is 25.6. The summed E-state index contributed by atoms with van der Waals surface area (Å²) in [5.41, 5.74) is 3.06. The number of carbonyl (C=O) groups is 2. The van der Waals surface area contributed by atoms with E-state index in [-0.39, 0.29) is 17.6 Å². The Morgan fingerprint density at radius 2 is 1.81 bits per heavy atom. The van der Waals surface area contributed by atoms with Gasteiger partial charge < -0.3 is 19.5 Å². The fraction of sp³-hybridized carbons (Fsp3) is 0.192. The molecule has 0 saturated carbocycles. The third-order valence-corrected chi connectivity index (χ3v) is 6.85. The van der Waals surface area contributed by atoms with Crippen molar-refractivity contribution in [3.63, 3.8) is 0 Å². The van der Waals surface area contributed by atoms with E-state index in [1.165, 1.54) is 11.8 Å². The van der Waals surface area contributed by atoms with Gasteiger partial charge in [0.05, 0.1) is 11.3 Å². The second-order valence-corrected chi connectivity index (χ2v) is 9.65. The fourth-order valence-electron chi connectivity index (χ4n) is 3.93. The number of thioether (sulfide) groups is 1. The monoisotopic (exact) mass is 534 g/mol. The van der Waals surface area contributed by atoms with Gasteiger partial charge in [0.15, 0.2) is 0 Å². The lowest BCUT2D eigenvalue weighted by Crippen LogP contribution is -2.48. The molecule has 4 aromatic rings. The van der Waals surface area contributed by atoms with Crippen molar-refractivity contribution >= 4 is 46.6 Å². The lowest BCUT2D eigenvalue weighted by Gasteiger charge is -2.36. The van der Waals surface area contributed by atoms with Crippen molar-refractivity contribution in [1.29, 1.82) is 0 Å². The van der Waals surface area contributed by atoms with E-state index < -0.39 is 0 Å². The molecule has 11 heteroatoms. The minimum absolute atomic E-state index is 0.00749. The van der Waals surface area contributed by atoms with Crippen LogP contribution in [0.5, 0.6) is 0 Å². The van der Waals surface area contributed by atoms with E-state index in [9.17, 15) is 9.59 Å². The standard InChI is InChI=1S/C26H23ClN6O3S/c27-20-5-1-3-18(15-20)25(35)33-13-11-32(12-14-33)22-8-6-21(7-9-22)29-23(34)17-37-26-31-30-24(36-26)19-4-2-10-28-16-19/h1-10,15-16H,11-14,17H2,(H,29,34). The maximum Gasteiger partial charge on any atom is 0.277 e. The molecule has 37 heavy (non-hydrogen) atoms. The molecule has 5 rings (SSSR count). The Hall–Kier alpha value is -3.89. The topological polar surface area (TPSA) is 104 Å². The molecule has 1 N–H and O–H groups in total. The lowest BCUT2D eigenvalue weighted by atomic mass is 10.1. The number of carbonyl (C=O) groups excluding carboxylic acids is 2. The van der Waals surface area contributed by atoms with Crippen LogP contribution in [0.3, 0.4) is 0 Å². The van der Waals surface area contributed by atoms with Gasteiger partial charge in [-0.05, 0) is 54.6 Å². The van der Waals surface area contributed by atoms with Gasteiger partial charge in [-0.2, -0.15) is 0 Å². The van der Waals surface area contributed by atoms with Gasteiger partial charge in [0.25, 0.3) is 11.1 Å².